The zero-order valence-electron chi connectivity index (χ0n) is 12.1. The first-order valence-corrected chi connectivity index (χ1v) is 8.10. The molecule has 1 aromatic heterocycles. The monoisotopic (exact) mass is 287 g/mol. The van der Waals surface area contributed by atoms with Gasteiger partial charge in [0.1, 0.15) is 5.01 Å². The minimum Gasteiger partial charge on any atom is -0.314 e. The second kappa shape index (κ2) is 6.04. The van der Waals surface area contributed by atoms with Gasteiger partial charge in [0.05, 0.1) is 5.69 Å². The highest BCUT2D eigenvalue weighted by molar-refractivity contribution is 7.13. The first-order chi connectivity index (χ1) is 9.76. The van der Waals surface area contributed by atoms with Gasteiger partial charge in [-0.15, -0.1) is 11.3 Å². The number of rotatable bonds is 5. The first-order valence-electron chi connectivity index (χ1n) is 7.22. The molecule has 0 amide bonds. The van der Waals surface area contributed by atoms with Gasteiger partial charge < -0.3 is 5.32 Å². The number of nitrogens with zero attached hydrogens (tertiary/aromatic N) is 2. The number of hydrogen-bond donors (Lipinski definition) is 1. The van der Waals surface area contributed by atoms with Crippen molar-refractivity contribution in [3.63, 3.8) is 0 Å². The van der Waals surface area contributed by atoms with Gasteiger partial charge in [0, 0.05) is 36.6 Å². The van der Waals surface area contributed by atoms with E-state index in [1.165, 1.54) is 16.8 Å². The molecule has 0 aliphatic carbocycles. The van der Waals surface area contributed by atoms with Gasteiger partial charge in [0.2, 0.25) is 0 Å². The van der Waals surface area contributed by atoms with Gasteiger partial charge in [0.15, 0.2) is 0 Å². The van der Waals surface area contributed by atoms with E-state index in [4.69, 9.17) is 4.98 Å². The summed E-state index contributed by atoms with van der Waals surface area (Å²) in [5.41, 5.74) is 3.71. The Morgan fingerprint density at radius 3 is 2.65 bits per heavy atom. The summed E-state index contributed by atoms with van der Waals surface area (Å²) in [5.74, 6) is 0. The second-order valence-corrected chi connectivity index (χ2v) is 6.24. The van der Waals surface area contributed by atoms with Crippen molar-refractivity contribution in [2.45, 2.75) is 26.4 Å². The summed E-state index contributed by atoms with van der Waals surface area (Å²) in [7, 11) is 0. The van der Waals surface area contributed by atoms with E-state index in [0.29, 0.717) is 6.04 Å². The lowest BCUT2D eigenvalue weighted by atomic mass is 10.1. The summed E-state index contributed by atoms with van der Waals surface area (Å²) in [6, 6.07) is 9.30. The van der Waals surface area contributed by atoms with E-state index in [2.05, 4.69) is 53.7 Å². The molecule has 0 bridgehead atoms. The highest BCUT2D eigenvalue weighted by Crippen LogP contribution is 2.25. The van der Waals surface area contributed by atoms with E-state index < -0.39 is 0 Å². The van der Waals surface area contributed by atoms with Crippen LogP contribution < -0.4 is 5.32 Å². The van der Waals surface area contributed by atoms with E-state index in [0.717, 1.165) is 31.2 Å². The minimum absolute atomic E-state index is 0.685. The summed E-state index contributed by atoms with van der Waals surface area (Å²) in [5, 5.41) is 6.66. The maximum atomic E-state index is 4.80. The van der Waals surface area contributed by atoms with Crippen LogP contribution in [0.3, 0.4) is 0 Å². The number of thiazole rings is 1. The molecular formula is C16H21N3S. The van der Waals surface area contributed by atoms with Crippen LogP contribution in [0.5, 0.6) is 0 Å². The highest BCUT2D eigenvalue weighted by Gasteiger charge is 2.23. The van der Waals surface area contributed by atoms with Crippen molar-refractivity contribution in [3.05, 3.63) is 40.9 Å². The van der Waals surface area contributed by atoms with Crippen molar-refractivity contribution in [2.75, 3.05) is 19.6 Å². The Labute approximate surface area is 124 Å². The Kier molecular flexibility index (Phi) is 4.15. The summed E-state index contributed by atoms with van der Waals surface area (Å²) in [6.45, 7) is 8.62. The van der Waals surface area contributed by atoms with Gasteiger partial charge in [-0.1, -0.05) is 36.8 Å². The van der Waals surface area contributed by atoms with Gasteiger partial charge in [-0.25, -0.2) is 4.98 Å². The third kappa shape index (κ3) is 2.92. The van der Waals surface area contributed by atoms with Crippen molar-refractivity contribution in [1.29, 1.82) is 0 Å². The third-order valence-electron chi connectivity index (χ3n) is 3.90. The van der Waals surface area contributed by atoms with E-state index in [1.54, 1.807) is 11.3 Å². The molecule has 4 heteroatoms. The Hall–Kier alpha value is -1.23. The normalized spacial score (nSPS) is 15.6. The van der Waals surface area contributed by atoms with Gasteiger partial charge in [-0.05, 0) is 13.5 Å². The predicted molar refractivity (Wildman–Crippen MR) is 85.0 cm³/mol. The molecule has 2 aromatic rings. The van der Waals surface area contributed by atoms with Gasteiger partial charge in [-0.3, -0.25) is 4.90 Å². The maximum absolute atomic E-state index is 4.80. The van der Waals surface area contributed by atoms with Crippen molar-refractivity contribution < 1.29 is 0 Å². The zero-order chi connectivity index (χ0) is 13.9. The fraction of sp³-hybridized carbons (Fsp3) is 0.438. The van der Waals surface area contributed by atoms with Gasteiger partial charge in [-0.2, -0.15) is 0 Å². The van der Waals surface area contributed by atoms with Crippen LogP contribution in [0.25, 0.3) is 10.6 Å². The van der Waals surface area contributed by atoms with E-state index in [1.807, 2.05) is 0 Å². The smallest absolute Gasteiger partial charge is 0.123 e. The van der Waals surface area contributed by atoms with Crippen LogP contribution in [0.2, 0.25) is 0 Å². The second-order valence-electron chi connectivity index (χ2n) is 5.39. The van der Waals surface area contributed by atoms with Crippen LogP contribution in [-0.4, -0.2) is 35.6 Å². The lowest BCUT2D eigenvalue weighted by Crippen LogP contribution is -2.56. The number of benzene rings is 1. The van der Waals surface area contributed by atoms with Crippen LogP contribution in [0.4, 0.5) is 0 Å². The van der Waals surface area contributed by atoms with Crippen LogP contribution in [0.15, 0.2) is 29.6 Å². The number of nitrogens with one attached hydrogen (secondary N) is 1. The van der Waals surface area contributed by atoms with Crippen LogP contribution >= 0.6 is 11.3 Å². The average molecular weight is 287 g/mol. The number of likely N-dealkylation sites (N-methyl/N-ethyl adjacent to an activating group) is 1. The Morgan fingerprint density at radius 2 is 2.05 bits per heavy atom. The molecule has 1 fully saturated rings. The molecule has 3 rings (SSSR count). The topological polar surface area (TPSA) is 28.2 Å². The molecular weight excluding hydrogens is 266 g/mol. The number of aryl methyl sites for hydroxylation is 1. The van der Waals surface area contributed by atoms with E-state index >= 15 is 0 Å². The summed E-state index contributed by atoms with van der Waals surface area (Å²) >= 11 is 1.74. The maximum Gasteiger partial charge on any atom is 0.123 e. The molecule has 106 valence electrons. The fourth-order valence-electron chi connectivity index (χ4n) is 2.45. The summed E-state index contributed by atoms with van der Waals surface area (Å²) < 4.78 is 0. The molecule has 20 heavy (non-hydrogen) atoms. The molecule has 0 spiro atoms. The summed E-state index contributed by atoms with van der Waals surface area (Å²) in [4.78, 5) is 7.30. The SMILES string of the molecule is CCN(Cc1csc(-c2ccc(C)cc2)n1)C1CNC1. The van der Waals surface area contributed by atoms with Crippen LogP contribution in [0.1, 0.15) is 18.2 Å². The van der Waals surface area contributed by atoms with Gasteiger partial charge in [0.25, 0.3) is 0 Å². The van der Waals surface area contributed by atoms with E-state index in [9.17, 15) is 0 Å². The quantitative estimate of drug-likeness (QED) is 0.916. The highest BCUT2D eigenvalue weighted by atomic mass is 32.1. The molecule has 3 nitrogen and oxygen atoms in total. The average Bonchev–Trinajstić information content (AvgIpc) is 2.85. The molecule has 1 aromatic carbocycles. The standard InChI is InChI=1S/C16H21N3S/c1-3-19(15-8-17-9-15)10-14-11-20-16(18-14)13-6-4-12(2)5-7-13/h4-7,11,15,17H,3,8-10H2,1-2H3. The van der Waals surface area contributed by atoms with Crippen molar-refractivity contribution in [1.82, 2.24) is 15.2 Å². The lowest BCUT2D eigenvalue weighted by Gasteiger charge is -2.37. The van der Waals surface area contributed by atoms with Crippen molar-refractivity contribution >= 4 is 11.3 Å². The molecule has 2 heterocycles. The number of aromatic nitrogens is 1. The predicted octanol–water partition coefficient (Wildman–Crippen LogP) is 2.91. The molecule has 1 aliphatic heterocycles. The Bertz CT molecular complexity index is 557. The molecule has 0 atom stereocenters. The molecule has 1 saturated heterocycles. The Balaban J connectivity index is 1.71. The van der Waals surface area contributed by atoms with Crippen LogP contribution in [0, 0.1) is 6.92 Å². The Morgan fingerprint density at radius 1 is 1.30 bits per heavy atom. The van der Waals surface area contributed by atoms with Crippen LogP contribution in [-0.2, 0) is 6.54 Å². The fourth-order valence-corrected chi connectivity index (χ4v) is 3.26. The van der Waals surface area contributed by atoms with Crippen molar-refractivity contribution in [2.24, 2.45) is 0 Å². The lowest BCUT2D eigenvalue weighted by molar-refractivity contribution is 0.144. The first kappa shape index (κ1) is 13.7. The third-order valence-corrected chi connectivity index (χ3v) is 4.84. The molecule has 0 unspecified atom stereocenters. The minimum atomic E-state index is 0.685. The summed E-state index contributed by atoms with van der Waals surface area (Å²) in [6.07, 6.45) is 0. The molecule has 1 N–H and O–H groups in total. The molecule has 0 saturated carbocycles. The largest absolute Gasteiger partial charge is 0.314 e. The van der Waals surface area contributed by atoms with Gasteiger partial charge >= 0.3 is 0 Å². The number of hydrogen-bond acceptors (Lipinski definition) is 4. The molecule has 0 radical (unpaired) electrons. The van der Waals surface area contributed by atoms with E-state index in [-0.39, 0.29) is 0 Å². The molecule has 1 aliphatic rings. The van der Waals surface area contributed by atoms with Crippen molar-refractivity contribution in [3.8, 4) is 10.6 Å². The zero-order valence-corrected chi connectivity index (χ0v) is 12.9.